The molecule has 0 aliphatic carbocycles. The van der Waals surface area contributed by atoms with E-state index in [0.29, 0.717) is 5.69 Å². The first-order chi connectivity index (χ1) is 15.5. The van der Waals surface area contributed by atoms with Crippen LogP contribution in [0.1, 0.15) is 36.8 Å². The summed E-state index contributed by atoms with van der Waals surface area (Å²) in [7, 11) is 0. The van der Waals surface area contributed by atoms with E-state index in [1.54, 1.807) is 0 Å². The van der Waals surface area contributed by atoms with Gasteiger partial charge in [0.2, 0.25) is 5.88 Å². The molecule has 11 heteroatoms. The second-order valence-corrected chi connectivity index (χ2v) is 7.42. The first kappa shape index (κ1) is 24.3. The average molecular weight is 470 g/mol. The van der Waals surface area contributed by atoms with Crippen molar-refractivity contribution in [1.82, 2.24) is 9.97 Å². The average Bonchev–Trinajstić information content (AvgIpc) is 2.72. The number of aliphatic hydroxyl groups excluding tert-OH is 1. The molecule has 0 aliphatic heterocycles. The van der Waals surface area contributed by atoms with Crippen LogP contribution in [-0.4, -0.2) is 33.4 Å². The van der Waals surface area contributed by atoms with Crippen molar-refractivity contribution in [3.05, 3.63) is 71.4 Å². The first-order valence-corrected chi connectivity index (χ1v) is 9.52. The minimum atomic E-state index is -3.30. The molecule has 2 N–H and O–H groups in total. The molecule has 3 rings (SSSR count). The molecule has 33 heavy (non-hydrogen) atoms. The van der Waals surface area contributed by atoms with Crippen LogP contribution in [0.4, 0.5) is 22.0 Å². The molecular weight excluding hydrogens is 451 g/mol. The highest BCUT2D eigenvalue weighted by atomic mass is 19.3. The number of hydrogen-bond acceptors (Lipinski definition) is 6. The van der Waals surface area contributed by atoms with Gasteiger partial charge in [-0.3, -0.25) is 4.98 Å². The van der Waals surface area contributed by atoms with E-state index in [0.717, 1.165) is 24.4 Å². The van der Waals surface area contributed by atoms with Gasteiger partial charge in [-0.05, 0) is 43.7 Å². The maximum atomic E-state index is 15.5. The van der Waals surface area contributed by atoms with E-state index in [1.807, 2.05) is 0 Å². The summed E-state index contributed by atoms with van der Waals surface area (Å²) >= 11 is 0. The van der Waals surface area contributed by atoms with Crippen molar-refractivity contribution in [2.45, 2.75) is 38.8 Å². The van der Waals surface area contributed by atoms with Crippen molar-refractivity contribution >= 4 is 0 Å². The van der Waals surface area contributed by atoms with E-state index < -0.39 is 47.9 Å². The molecule has 0 saturated carbocycles. The molecule has 1 atom stereocenters. The smallest absolute Gasteiger partial charge is 0.388 e. The summed E-state index contributed by atoms with van der Waals surface area (Å²) in [5, 5.41) is 20.7. The molecule has 176 valence electrons. The highest BCUT2D eigenvalue weighted by Gasteiger charge is 2.25. The number of ether oxygens (including phenoxy) is 2. The van der Waals surface area contributed by atoms with Crippen LogP contribution >= 0.6 is 0 Å². The van der Waals surface area contributed by atoms with Gasteiger partial charge in [0.05, 0.1) is 11.3 Å². The Bertz CT molecular complexity index is 1100. The zero-order chi connectivity index (χ0) is 24.3. The Hall–Kier alpha value is -3.31. The Balaban J connectivity index is 2.08. The molecule has 3 aromatic rings. The van der Waals surface area contributed by atoms with Crippen molar-refractivity contribution in [3.8, 4) is 22.8 Å². The first-order valence-electron chi connectivity index (χ1n) is 9.52. The third-order valence-electron chi connectivity index (χ3n) is 4.61. The molecular formula is C22H19F5N2O4. The molecule has 2 aromatic heterocycles. The molecule has 0 unspecified atom stereocenters. The summed E-state index contributed by atoms with van der Waals surface area (Å²) in [6.45, 7) is -3.47. The molecule has 0 bridgehead atoms. The largest absolute Gasteiger partial charge is 0.434 e. The fourth-order valence-corrected chi connectivity index (χ4v) is 3.08. The van der Waals surface area contributed by atoms with Crippen LogP contribution in [0.3, 0.4) is 0 Å². The van der Waals surface area contributed by atoms with Crippen molar-refractivity contribution in [2.24, 2.45) is 0 Å². The van der Waals surface area contributed by atoms with Crippen LogP contribution in [0, 0.1) is 5.82 Å². The number of halogens is 5. The number of aliphatic hydroxyl groups is 2. The number of aromatic nitrogens is 2. The zero-order valence-corrected chi connectivity index (χ0v) is 17.3. The van der Waals surface area contributed by atoms with E-state index in [4.69, 9.17) is 0 Å². The molecule has 0 saturated heterocycles. The highest BCUT2D eigenvalue weighted by molar-refractivity contribution is 5.73. The zero-order valence-electron chi connectivity index (χ0n) is 17.3. The number of alkyl halides is 4. The highest BCUT2D eigenvalue weighted by Crippen LogP contribution is 2.39. The molecule has 0 radical (unpaired) electrons. The molecule has 0 aliphatic rings. The molecule has 6 nitrogen and oxygen atoms in total. The normalized spacial score (nSPS) is 12.8. The number of rotatable bonds is 8. The van der Waals surface area contributed by atoms with Crippen LogP contribution in [0.15, 0.2) is 48.8 Å². The van der Waals surface area contributed by atoms with Crippen LogP contribution in [0.2, 0.25) is 0 Å². The minimum Gasteiger partial charge on any atom is -0.434 e. The third-order valence-corrected chi connectivity index (χ3v) is 4.61. The van der Waals surface area contributed by atoms with Gasteiger partial charge in [0, 0.05) is 29.6 Å². The van der Waals surface area contributed by atoms with Gasteiger partial charge in [0.15, 0.2) is 0 Å². The SMILES string of the molecule is CC(C)(O)c1ccc([C@H](O)c2ccc(OC(F)F)c(-c3ccnc(OC(F)F)c3)c2F)cn1. The quantitative estimate of drug-likeness (QED) is 0.461. The Morgan fingerprint density at radius 2 is 1.64 bits per heavy atom. The van der Waals surface area contributed by atoms with Gasteiger partial charge < -0.3 is 19.7 Å². The Kier molecular flexibility index (Phi) is 7.13. The van der Waals surface area contributed by atoms with Gasteiger partial charge in [-0.2, -0.15) is 17.6 Å². The van der Waals surface area contributed by atoms with E-state index in [1.165, 1.54) is 38.2 Å². The summed E-state index contributed by atoms with van der Waals surface area (Å²) in [6.07, 6.45) is 0.703. The Labute approximate surface area is 185 Å². The summed E-state index contributed by atoms with van der Waals surface area (Å²) in [5.74, 6) is -2.27. The molecule has 2 heterocycles. The predicted molar refractivity (Wildman–Crippen MR) is 106 cm³/mol. The van der Waals surface area contributed by atoms with Gasteiger partial charge >= 0.3 is 13.2 Å². The van der Waals surface area contributed by atoms with Gasteiger partial charge in [-0.1, -0.05) is 6.07 Å². The van der Waals surface area contributed by atoms with E-state index in [2.05, 4.69) is 19.4 Å². The summed E-state index contributed by atoms with van der Waals surface area (Å²) < 4.78 is 75.0. The van der Waals surface area contributed by atoms with Gasteiger partial charge in [0.25, 0.3) is 0 Å². The molecule has 0 spiro atoms. The minimum absolute atomic E-state index is 0.140. The Morgan fingerprint density at radius 1 is 0.939 bits per heavy atom. The van der Waals surface area contributed by atoms with E-state index in [-0.39, 0.29) is 16.7 Å². The van der Waals surface area contributed by atoms with Crippen molar-refractivity contribution in [2.75, 3.05) is 0 Å². The number of pyridine rings is 2. The number of benzene rings is 1. The summed E-state index contributed by atoms with van der Waals surface area (Å²) in [6, 6.07) is 7.07. The Morgan fingerprint density at radius 3 is 2.21 bits per heavy atom. The lowest BCUT2D eigenvalue weighted by Gasteiger charge is -2.20. The van der Waals surface area contributed by atoms with Crippen LogP contribution in [-0.2, 0) is 5.60 Å². The lowest BCUT2D eigenvalue weighted by atomic mass is 9.95. The van der Waals surface area contributed by atoms with E-state index >= 15 is 4.39 Å². The second kappa shape index (κ2) is 9.67. The number of nitrogens with zero attached hydrogens (tertiary/aromatic N) is 2. The molecule has 1 aromatic carbocycles. The summed E-state index contributed by atoms with van der Waals surface area (Å²) in [4.78, 5) is 7.62. The number of hydrogen-bond donors (Lipinski definition) is 2. The fourth-order valence-electron chi connectivity index (χ4n) is 3.08. The lowest BCUT2D eigenvalue weighted by Crippen LogP contribution is -2.17. The van der Waals surface area contributed by atoms with Crippen molar-refractivity contribution < 1.29 is 41.6 Å². The van der Waals surface area contributed by atoms with Gasteiger partial charge in [-0.25, -0.2) is 9.37 Å². The van der Waals surface area contributed by atoms with Crippen LogP contribution in [0.25, 0.3) is 11.1 Å². The van der Waals surface area contributed by atoms with Crippen molar-refractivity contribution in [1.29, 1.82) is 0 Å². The van der Waals surface area contributed by atoms with Gasteiger partial charge in [0.1, 0.15) is 23.3 Å². The monoisotopic (exact) mass is 470 g/mol. The van der Waals surface area contributed by atoms with Crippen LogP contribution in [0.5, 0.6) is 11.6 Å². The maximum Gasteiger partial charge on any atom is 0.388 e. The third kappa shape index (κ3) is 5.74. The summed E-state index contributed by atoms with van der Waals surface area (Å²) in [5.41, 5.74) is -1.73. The lowest BCUT2D eigenvalue weighted by molar-refractivity contribution is -0.0528. The van der Waals surface area contributed by atoms with Crippen molar-refractivity contribution in [3.63, 3.8) is 0 Å². The maximum absolute atomic E-state index is 15.5. The standard InChI is InChI=1S/C22H19F5N2O4/c1-22(2,31)15-6-3-12(10-29-15)19(30)13-4-5-14(32-20(24)25)17(18(13)23)11-7-8-28-16(9-11)33-21(26)27/h3-10,19-21,30-31H,1-2H3/t19-/m0/s1. The molecule has 0 fully saturated rings. The van der Waals surface area contributed by atoms with Crippen LogP contribution < -0.4 is 9.47 Å². The second-order valence-electron chi connectivity index (χ2n) is 7.42. The topological polar surface area (TPSA) is 84.7 Å². The van der Waals surface area contributed by atoms with Gasteiger partial charge in [-0.15, -0.1) is 0 Å². The predicted octanol–water partition coefficient (Wildman–Crippen LogP) is 4.79. The molecule has 0 amide bonds. The van der Waals surface area contributed by atoms with E-state index in [9.17, 15) is 27.8 Å². The fraction of sp³-hybridized carbons (Fsp3) is 0.273.